The van der Waals surface area contributed by atoms with E-state index in [4.69, 9.17) is 4.74 Å². The van der Waals surface area contributed by atoms with Crippen LogP contribution in [-0.2, 0) is 29.7 Å². The normalized spacial score (nSPS) is 18.5. The second-order valence-electron chi connectivity index (χ2n) is 8.71. The Morgan fingerprint density at radius 1 is 1.22 bits per heavy atom. The molecule has 5 nitrogen and oxygen atoms in total. The molecule has 0 saturated carbocycles. The van der Waals surface area contributed by atoms with E-state index in [1.54, 1.807) is 19.2 Å². The highest BCUT2D eigenvalue weighted by Gasteiger charge is 2.41. The Morgan fingerprint density at radius 3 is 2.59 bits per heavy atom. The second kappa shape index (κ2) is 9.89. The van der Waals surface area contributed by atoms with Crippen LogP contribution in [0, 0.1) is 5.82 Å². The molecule has 2 aliphatic rings. The van der Waals surface area contributed by atoms with E-state index in [0.29, 0.717) is 6.54 Å². The molecule has 0 bridgehead atoms. The third-order valence-electron chi connectivity index (χ3n) is 6.89. The van der Waals surface area contributed by atoms with Crippen LogP contribution in [-0.4, -0.2) is 44.1 Å². The fraction of sp³-hybridized carbons (Fsp3) is 0.480. The van der Waals surface area contributed by atoms with Crippen LogP contribution < -0.4 is 15.4 Å². The van der Waals surface area contributed by atoms with Gasteiger partial charge >= 0.3 is 0 Å². The van der Waals surface area contributed by atoms with Crippen molar-refractivity contribution in [3.05, 3.63) is 62.9 Å². The maximum absolute atomic E-state index is 13.8. The van der Waals surface area contributed by atoms with Gasteiger partial charge in [0, 0.05) is 38.3 Å². The largest absolute Gasteiger partial charge is 0.495 e. The number of carbonyl (C=O) groups is 1. The minimum Gasteiger partial charge on any atom is -0.495 e. The van der Waals surface area contributed by atoms with Gasteiger partial charge in [-0.1, -0.05) is 12.1 Å². The molecule has 2 aromatic rings. The number of hydrogen-bond acceptors (Lipinski definition) is 4. The van der Waals surface area contributed by atoms with Crippen LogP contribution in [0.1, 0.15) is 42.0 Å². The van der Waals surface area contributed by atoms with Gasteiger partial charge in [0.05, 0.1) is 11.6 Å². The first-order valence-electron chi connectivity index (χ1n) is 11.3. The van der Waals surface area contributed by atoms with Crippen molar-refractivity contribution in [1.29, 1.82) is 0 Å². The van der Waals surface area contributed by atoms with Crippen LogP contribution in [0.25, 0.3) is 0 Å². The molecule has 1 unspecified atom stereocenters. The zero-order chi connectivity index (χ0) is 22.7. The Bertz CT molecular complexity index is 976. The molecule has 1 atom stereocenters. The summed E-state index contributed by atoms with van der Waals surface area (Å²) in [5.41, 5.74) is 3.57. The molecule has 0 spiro atoms. The van der Waals surface area contributed by atoms with Crippen LogP contribution in [0.3, 0.4) is 0 Å². The van der Waals surface area contributed by atoms with E-state index in [1.165, 1.54) is 29.7 Å². The number of fused-ring (bicyclic) bond motifs is 1. The SMILES string of the molecule is COc1c(Br)cc2c(c1CNC(=O)C(C)(c1ccc(F)cc1)N1CCNCC1)CCCC2. The first-order valence-corrected chi connectivity index (χ1v) is 12.1. The van der Waals surface area contributed by atoms with E-state index < -0.39 is 5.54 Å². The standard InChI is InChI=1S/C25H31BrFN3O2/c1-25(30-13-11-28-12-14-30,18-7-9-19(27)10-8-18)24(31)29-16-21-20-6-4-3-5-17(20)15-22(26)23(21)32-2/h7-10,15,28H,3-6,11-14,16H2,1-2H3,(H,29,31). The minimum absolute atomic E-state index is 0.0856. The molecule has 0 aromatic heterocycles. The number of piperazine rings is 1. The van der Waals surface area contributed by atoms with Gasteiger partial charge in [0.15, 0.2) is 0 Å². The van der Waals surface area contributed by atoms with Crippen LogP contribution in [0.15, 0.2) is 34.8 Å². The summed E-state index contributed by atoms with van der Waals surface area (Å²) < 4.78 is 20.3. The number of carbonyl (C=O) groups excluding carboxylic acids is 1. The zero-order valence-electron chi connectivity index (χ0n) is 18.8. The highest BCUT2D eigenvalue weighted by molar-refractivity contribution is 9.10. The number of methoxy groups -OCH3 is 1. The zero-order valence-corrected chi connectivity index (χ0v) is 20.4. The predicted molar refractivity (Wildman–Crippen MR) is 127 cm³/mol. The van der Waals surface area contributed by atoms with Crippen molar-refractivity contribution >= 4 is 21.8 Å². The van der Waals surface area contributed by atoms with Crippen molar-refractivity contribution in [3.63, 3.8) is 0 Å². The first kappa shape index (κ1) is 23.2. The van der Waals surface area contributed by atoms with E-state index in [-0.39, 0.29) is 11.7 Å². The maximum atomic E-state index is 13.8. The molecule has 172 valence electrons. The summed E-state index contributed by atoms with van der Waals surface area (Å²) in [6, 6.07) is 8.45. The molecule has 0 radical (unpaired) electrons. The van der Waals surface area contributed by atoms with Gasteiger partial charge in [0.2, 0.25) is 5.91 Å². The summed E-state index contributed by atoms with van der Waals surface area (Å²) in [5, 5.41) is 6.55. The Morgan fingerprint density at radius 2 is 1.91 bits per heavy atom. The Balaban J connectivity index is 1.65. The number of benzene rings is 2. The van der Waals surface area contributed by atoms with E-state index in [1.807, 2.05) is 6.92 Å². The lowest BCUT2D eigenvalue weighted by Crippen LogP contribution is -2.59. The van der Waals surface area contributed by atoms with Gasteiger partial charge in [-0.3, -0.25) is 9.69 Å². The smallest absolute Gasteiger partial charge is 0.245 e. The predicted octanol–water partition coefficient (Wildman–Crippen LogP) is 3.91. The highest BCUT2D eigenvalue weighted by atomic mass is 79.9. The molecular weight excluding hydrogens is 473 g/mol. The van der Waals surface area contributed by atoms with Gasteiger partial charge in [-0.05, 0) is 83.4 Å². The molecule has 1 saturated heterocycles. The van der Waals surface area contributed by atoms with Crippen LogP contribution in [0.5, 0.6) is 5.75 Å². The van der Waals surface area contributed by atoms with E-state index in [9.17, 15) is 9.18 Å². The molecule has 2 N–H and O–H groups in total. The molecule has 1 heterocycles. The summed E-state index contributed by atoms with van der Waals surface area (Å²) in [4.78, 5) is 15.9. The average Bonchev–Trinajstić information content (AvgIpc) is 2.82. The van der Waals surface area contributed by atoms with Crippen molar-refractivity contribution in [2.45, 2.75) is 44.7 Å². The average molecular weight is 504 g/mol. The van der Waals surface area contributed by atoms with Crippen LogP contribution in [0.2, 0.25) is 0 Å². The molecule has 4 rings (SSSR count). The van der Waals surface area contributed by atoms with Gasteiger partial charge in [-0.2, -0.15) is 0 Å². The van der Waals surface area contributed by atoms with Crippen molar-refractivity contribution in [2.24, 2.45) is 0 Å². The van der Waals surface area contributed by atoms with E-state index >= 15 is 0 Å². The number of aryl methyl sites for hydroxylation is 1. The molecule has 7 heteroatoms. The number of nitrogens with zero attached hydrogens (tertiary/aromatic N) is 1. The lowest BCUT2D eigenvalue weighted by atomic mass is 9.86. The monoisotopic (exact) mass is 503 g/mol. The molecule has 1 aliphatic heterocycles. The lowest BCUT2D eigenvalue weighted by molar-refractivity contribution is -0.134. The number of halogens is 2. The third-order valence-corrected chi connectivity index (χ3v) is 7.48. The van der Waals surface area contributed by atoms with Gasteiger partial charge < -0.3 is 15.4 Å². The summed E-state index contributed by atoms with van der Waals surface area (Å²) in [7, 11) is 1.67. The maximum Gasteiger partial charge on any atom is 0.245 e. The van der Waals surface area contributed by atoms with Gasteiger partial charge in [0.25, 0.3) is 0 Å². The summed E-state index contributed by atoms with van der Waals surface area (Å²) >= 11 is 3.65. The van der Waals surface area contributed by atoms with E-state index in [2.05, 4.69) is 37.5 Å². The molecule has 1 aliphatic carbocycles. The van der Waals surface area contributed by atoms with Gasteiger partial charge in [-0.15, -0.1) is 0 Å². The van der Waals surface area contributed by atoms with Crippen LogP contribution >= 0.6 is 15.9 Å². The van der Waals surface area contributed by atoms with Gasteiger partial charge in [0.1, 0.15) is 17.1 Å². The Hall–Kier alpha value is -1.96. The molecular formula is C25H31BrFN3O2. The summed E-state index contributed by atoms with van der Waals surface area (Å²) in [6.07, 6.45) is 4.38. The fourth-order valence-corrected chi connectivity index (χ4v) is 5.70. The Kier molecular flexibility index (Phi) is 7.17. The minimum atomic E-state index is -0.894. The second-order valence-corrected chi connectivity index (χ2v) is 9.57. The van der Waals surface area contributed by atoms with Crippen molar-refractivity contribution in [3.8, 4) is 5.75 Å². The molecule has 1 amide bonds. The van der Waals surface area contributed by atoms with Gasteiger partial charge in [-0.25, -0.2) is 4.39 Å². The lowest BCUT2D eigenvalue weighted by Gasteiger charge is -2.42. The van der Waals surface area contributed by atoms with Crippen molar-refractivity contribution < 1.29 is 13.9 Å². The summed E-state index contributed by atoms with van der Waals surface area (Å²) in [5.74, 6) is 0.400. The van der Waals surface area contributed by atoms with Crippen molar-refractivity contribution in [1.82, 2.24) is 15.5 Å². The number of rotatable bonds is 6. The number of ether oxygens (including phenoxy) is 1. The first-order chi connectivity index (χ1) is 15.4. The topological polar surface area (TPSA) is 53.6 Å². The number of hydrogen-bond donors (Lipinski definition) is 2. The Labute approximate surface area is 197 Å². The van der Waals surface area contributed by atoms with Crippen LogP contribution in [0.4, 0.5) is 4.39 Å². The molecule has 1 fully saturated rings. The molecule has 32 heavy (non-hydrogen) atoms. The summed E-state index contributed by atoms with van der Waals surface area (Å²) in [6.45, 7) is 5.46. The third kappa shape index (κ3) is 4.43. The number of nitrogens with one attached hydrogen (secondary N) is 2. The molecule has 2 aromatic carbocycles. The van der Waals surface area contributed by atoms with Crippen molar-refractivity contribution in [2.75, 3.05) is 33.3 Å². The number of amides is 1. The quantitative estimate of drug-likeness (QED) is 0.627. The fourth-order valence-electron chi connectivity index (χ4n) is 5.02. The van der Waals surface area contributed by atoms with E-state index in [0.717, 1.165) is 66.8 Å². The highest BCUT2D eigenvalue weighted by Crippen LogP contribution is 2.38.